The maximum Gasteiger partial charge on any atom is 0.246 e. The Bertz CT molecular complexity index is 783. The minimum atomic E-state index is -0.119. The predicted octanol–water partition coefficient (Wildman–Crippen LogP) is 3.20. The smallest absolute Gasteiger partial charge is 0.246 e. The van der Waals surface area contributed by atoms with E-state index in [0.717, 1.165) is 22.7 Å². The summed E-state index contributed by atoms with van der Waals surface area (Å²) in [6.45, 7) is 2.32. The number of hydrogen-bond donors (Lipinski definition) is 1. The Hall–Kier alpha value is -3.28. The van der Waals surface area contributed by atoms with Gasteiger partial charge in [0.05, 0.1) is 13.7 Å². The van der Waals surface area contributed by atoms with E-state index in [2.05, 4.69) is 5.32 Å². The van der Waals surface area contributed by atoms with Crippen LogP contribution in [0.1, 0.15) is 12.5 Å². The number of hydrogen-bond acceptors (Lipinski definition) is 4. The molecule has 2 amide bonds. The normalized spacial score (nSPS) is 10.5. The fourth-order valence-corrected chi connectivity index (χ4v) is 2.26. The molecule has 2 rings (SSSR count). The van der Waals surface area contributed by atoms with Crippen LogP contribution in [-0.4, -0.2) is 44.0 Å². The quantitative estimate of drug-likeness (QED) is 0.727. The van der Waals surface area contributed by atoms with Crippen molar-refractivity contribution in [1.82, 2.24) is 4.90 Å². The molecule has 0 fully saturated rings. The molecule has 0 aliphatic carbocycles. The molecule has 0 bridgehead atoms. The van der Waals surface area contributed by atoms with Gasteiger partial charge in [-0.3, -0.25) is 9.59 Å². The minimum Gasteiger partial charge on any atom is -0.497 e. The third-order valence-corrected chi connectivity index (χ3v) is 3.78. The molecule has 142 valence electrons. The van der Waals surface area contributed by atoms with Gasteiger partial charge in [-0.1, -0.05) is 12.1 Å². The summed E-state index contributed by atoms with van der Waals surface area (Å²) in [4.78, 5) is 24.8. The van der Waals surface area contributed by atoms with E-state index in [9.17, 15) is 9.59 Å². The van der Waals surface area contributed by atoms with Gasteiger partial charge in [0, 0.05) is 25.7 Å². The summed E-state index contributed by atoms with van der Waals surface area (Å²) < 4.78 is 10.7. The first-order chi connectivity index (χ1) is 13.0. The minimum absolute atomic E-state index is 0.112. The third-order valence-electron chi connectivity index (χ3n) is 3.78. The molecular formula is C21H24N2O4. The highest BCUT2D eigenvalue weighted by Gasteiger charge is 2.05. The summed E-state index contributed by atoms with van der Waals surface area (Å²) in [6.07, 6.45) is 3.25. The van der Waals surface area contributed by atoms with Crippen LogP contribution in [0.2, 0.25) is 0 Å². The molecule has 0 aliphatic rings. The Balaban J connectivity index is 1.78. The lowest BCUT2D eigenvalue weighted by atomic mass is 10.2. The molecule has 1 N–H and O–H groups in total. The van der Waals surface area contributed by atoms with E-state index >= 15 is 0 Å². The molecule has 27 heavy (non-hydrogen) atoms. The summed E-state index contributed by atoms with van der Waals surface area (Å²) in [5, 5.41) is 2.70. The van der Waals surface area contributed by atoms with Gasteiger partial charge in [0.1, 0.15) is 18.1 Å². The zero-order valence-electron chi connectivity index (χ0n) is 15.8. The van der Waals surface area contributed by atoms with Crippen molar-refractivity contribution in [2.75, 3.05) is 32.6 Å². The van der Waals surface area contributed by atoms with E-state index in [0.29, 0.717) is 13.2 Å². The maximum atomic E-state index is 12.2. The van der Waals surface area contributed by atoms with Gasteiger partial charge in [-0.05, 0) is 48.0 Å². The van der Waals surface area contributed by atoms with Crippen molar-refractivity contribution in [3.63, 3.8) is 0 Å². The van der Waals surface area contributed by atoms with E-state index < -0.39 is 0 Å². The Kier molecular flexibility index (Phi) is 7.43. The number of methoxy groups -OCH3 is 1. The largest absolute Gasteiger partial charge is 0.497 e. The molecule has 6 nitrogen and oxygen atoms in total. The van der Waals surface area contributed by atoms with Crippen molar-refractivity contribution in [2.45, 2.75) is 6.92 Å². The number of amides is 2. The summed E-state index contributed by atoms with van der Waals surface area (Å²) in [6, 6.07) is 14.5. The predicted molar refractivity (Wildman–Crippen MR) is 106 cm³/mol. The van der Waals surface area contributed by atoms with Crippen molar-refractivity contribution in [3.8, 4) is 11.5 Å². The van der Waals surface area contributed by atoms with Gasteiger partial charge in [0.15, 0.2) is 0 Å². The first-order valence-corrected chi connectivity index (χ1v) is 8.55. The summed E-state index contributed by atoms with van der Waals surface area (Å²) >= 11 is 0. The van der Waals surface area contributed by atoms with Crippen LogP contribution in [0, 0.1) is 0 Å². The Morgan fingerprint density at radius 3 is 2.26 bits per heavy atom. The Labute approximate surface area is 159 Å². The number of rotatable bonds is 8. The number of anilines is 1. The van der Waals surface area contributed by atoms with Crippen LogP contribution in [0.3, 0.4) is 0 Å². The van der Waals surface area contributed by atoms with Crippen LogP contribution < -0.4 is 14.8 Å². The van der Waals surface area contributed by atoms with Crippen molar-refractivity contribution < 1.29 is 19.1 Å². The Morgan fingerprint density at radius 2 is 1.67 bits per heavy atom. The average molecular weight is 368 g/mol. The average Bonchev–Trinajstić information content (AvgIpc) is 2.67. The molecule has 0 unspecified atom stereocenters. The van der Waals surface area contributed by atoms with Gasteiger partial charge in [0.2, 0.25) is 11.8 Å². The highest BCUT2D eigenvalue weighted by Crippen LogP contribution is 2.16. The van der Waals surface area contributed by atoms with E-state index in [1.54, 1.807) is 37.3 Å². The first kappa shape index (κ1) is 20.0. The summed E-state index contributed by atoms with van der Waals surface area (Å²) in [5.41, 5.74) is 1.60. The van der Waals surface area contributed by atoms with Crippen LogP contribution in [0.5, 0.6) is 11.5 Å². The van der Waals surface area contributed by atoms with Crippen molar-refractivity contribution in [2.24, 2.45) is 0 Å². The second-order valence-electron chi connectivity index (χ2n) is 5.92. The molecule has 0 radical (unpaired) electrons. The Morgan fingerprint density at radius 1 is 1.04 bits per heavy atom. The summed E-state index contributed by atoms with van der Waals surface area (Å²) in [7, 11) is 3.34. The lowest BCUT2D eigenvalue weighted by Gasteiger charge is -2.15. The number of likely N-dealkylation sites (N-methyl/N-ethyl adjacent to an activating group) is 1. The van der Waals surface area contributed by atoms with E-state index in [1.165, 1.54) is 13.0 Å². The third kappa shape index (κ3) is 6.86. The van der Waals surface area contributed by atoms with Crippen LogP contribution in [0.15, 0.2) is 54.6 Å². The van der Waals surface area contributed by atoms with E-state index in [-0.39, 0.29) is 11.8 Å². The summed E-state index contributed by atoms with van der Waals surface area (Å²) in [5.74, 6) is 1.27. The first-order valence-electron chi connectivity index (χ1n) is 8.55. The number of benzene rings is 2. The second-order valence-corrected chi connectivity index (χ2v) is 5.92. The fraction of sp³-hybridized carbons (Fsp3) is 0.238. The number of nitrogens with one attached hydrogen (secondary N) is 1. The molecule has 0 aliphatic heterocycles. The standard InChI is InChI=1S/C21H24N2O4/c1-16(24)22-18-7-4-17(5-8-18)6-13-21(25)23(2)14-15-27-20-11-9-19(26-3)10-12-20/h4-13H,14-15H2,1-3H3,(H,22,24)/b13-6+. The van der Waals surface area contributed by atoms with E-state index in [4.69, 9.17) is 9.47 Å². The molecule has 2 aromatic rings. The maximum absolute atomic E-state index is 12.2. The monoisotopic (exact) mass is 368 g/mol. The van der Waals surface area contributed by atoms with Crippen LogP contribution in [-0.2, 0) is 9.59 Å². The zero-order valence-corrected chi connectivity index (χ0v) is 15.8. The fourth-order valence-electron chi connectivity index (χ4n) is 2.26. The van der Waals surface area contributed by atoms with Gasteiger partial charge in [-0.25, -0.2) is 0 Å². The van der Waals surface area contributed by atoms with Crippen LogP contribution >= 0.6 is 0 Å². The lowest BCUT2D eigenvalue weighted by Crippen LogP contribution is -2.29. The molecule has 0 aromatic heterocycles. The molecule has 6 heteroatoms. The van der Waals surface area contributed by atoms with Gasteiger partial charge < -0.3 is 19.7 Å². The molecule has 0 spiro atoms. The number of ether oxygens (including phenoxy) is 2. The zero-order chi connectivity index (χ0) is 19.6. The van der Waals surface area contributed by atoms with Crippen molar-refractivity contribution in [3.05, 3.63) is 60.2 Å². The van der Waals surface area contributed by atoms with Crippen molar-refractivity contribution >= 4 is 23.6 Å². The number of carbonyl (C=O) groups is 2. The number of nitrogens with zero attached hydrogens (tertiary/aromatic N) is 1. The molecule has 0 heterocycles. The van der Waals surface area contributed by atoms with Crippen LogP contribution in [0.4, 0.5) is 5.69 Å². The molecule has 0 atom stereocenters. The highest BCUT2D eigenvalue weighted by atomic mass is 16.5. The van der Waals surface area contributed by atoms with E-state index in [1.807, 2.05) is 36.4 Å². The van der Waals surface area contributed by atoms with Gasteiger partial charge >= 0.3 is 0 Å². The lowest BCUT2D eigenvalue weighted by molar-refractivity contribution is -0.125. The van der Waals surface area contributed by atoms with Gasteiger partial charge in [-0.15, -0.1) is 0 Å². The molecule has 2 aromatic carbocycles. The van der Waals surface area contributed by atoms with Gasteiger partial charge in [0.25, 0.3) is 0 Å². The SMILES string of the molecule is COc1ccc(OCCN(C)C(=O)/C=C/c2ccc(NC(C)=O)cc2)cc1. The molecule has 0 saturated heterocycles. The second kappa shape index (κ2) is 10.0. The molecule has 0 saturated carbocycles. The van der Waals surface area contributed by atoms with Crippen LogP contribution in [0.25, 0.3) is 6.08 Å². The van der Waals surface area contributed by atoms with Crippen molar-refractivity contribution in [1.29, 1.82) is 0 Å². The molecular weight excluding hydrogens is 344 g/mol. The van der Waals surface area contributed by atoms with Gasteiger partial charge in [-0.2, -0.15) is 0 Å². The number of carbonyl (C=O) groups excluding carboxylic acids is 2. The highest BCUT2D eigenvalue weighted by molar-refractivity contribution is 5.92. The topological polar surface area (TPSA) is 67.9 Å².